The Labute approximate surface area is 164 Å². The molecule has 2 aromatic heterocycles. The van der Waals surface area contributed by atoms with Gasteiger partial charge in [0.05, 0.1) is 29.3 Å². The van der Waals surface area contributed by atoms with Gasteiger partial charge in [-0.3, -0.25) is 9.97 Å². The quantitative estimate of drug-likeness (QED) is 0.553. The second-order valence-corrected chi connectivity index (χ2v) is 7.34. The Kier molecular flexibility index (Phi) is 4.47. The molecule has 2 N–H and O–H groups in total. The van der Waals surface area contributed by atoms with Gasteiger partial charge >= 0.3 is 0 Å². The molecule has 1 aliphatic heterocycles. The van der Waals surface area contributed by atoms with Gasteiger partial charge in [0.1, 0.15) is 0 Å². The smallest absolute Gasteiger partial charge is 0.0703 e. The van der Waals surface area contributed by atoms with Gasteiger partial charge in [-0.2, -0.15) is 0 Å². The van der Waals surface area contributed by atoms with Crippen molar-refractivity contribution < 1.29 is 0 Å². The van der Waals surface area contributed by atoms with E-state index in [0.29, 0.717) is 6.04 Å². The first-order valence-electron chi connectivity index (χ1n) is 9.70. The van der Waals surface area contributed by atoms with Gasteiger partial charge in [-0.15, -0.1) is 0 Å². The van der Waals surface area contributed by atoms with Crippen LogP contribution >= 0.6 is 0 Å². The van der Waals surface area contributed by atoms with Crippen molar-refractivity contribution in [1.82, 2.24) is 15.3 Å². The van der Waals surface area contributed by atoms with E-state index < -0.39 is 0 Å². The number of nitrogens with zero attached hydrogens (tertiary/aromatic N) is 2. The number of nitrogens with one attached hydrogen (secondary N) is 2. The molecule has 1 unspecified atom stereocenters. The number of aromatic nitrogens is 2. The van der Waals surface area contributed by atoms with E-state index in [9.17, 15) is 0 Å². The van der Waals surface area contributed by atoms with Crippen LogP contribution < -0.4 is 10.6 Å². The van der Waals surface area contributed by atoms with Crippen LogP contribution in [0.25, 0.3) is 10.9 Å². The molecule has 138 valence electrons. The molecule has 0 spiro atoms. The van der Waals surface area contributed by atoms with Crippen LogP contribution in [0.3, 0.4) is 0 Å². The molecule has 4 aromatic rings. The van der Waals surface area contributed by atoms with Gasteiger partial charge in [0.15, 0.2) is 0 Å². The molecule has 5 rings (SSSR count). The third-order valence-corrected chi connectivity index (χ3v) is 5.37. The van der Waals surface area contributed by atoms with Gasteiger partial charge in [0, 0.05) is 24.2 Å². The molecule has 0 bridgehead atoms. The van der Waals surface area contributed by atoms with Crippen LogP contribution in [0.1, 0.15) is 16.7 Å². The normalized spacial score (nSPS) is 15.9. The fourth-order valence-electron chi connectivity index (χ4n) is 3.94. The van der Waals surface area contributed by atoms with Crippen molar-refractivity contribution >= 4 is 22.3 Å². The average Bonchev–Trinajstić information content (AvgIpc) is 2.74. The van der Waals surface area contributed by atoms with Crippen LogP contribution in [0.2, 0.25) is 0 Å². The minimum atomic E-state index is 0.439. The fraction of sp³-hybridized carbons (Fsp3) is 0.167. The Morgan fingerprint density at radius 1 is 0.964 bits per heavy atom. The molecule has 1 aliphatic rings. The predicted octanol–water partition coefficient (Wildman–Crippen LogP) is 4.63. The lowest BCUT2D eigenvalue weighted by atomic mass is 9.92. The minimum Gasteiger partial charge on any atom is -0.353 e. The molecule has 0 saturated heterocycles. The Balaban J connectivity index is 1.37. The topological polar surface area (TPSA) is 49.8 Å². The van der Waals surface area contributed by atoms with E-state index in [2.05, 4.69) is 63.1 Å². The van der Waals surface area contributed by atoms with Gasteiger partial charge in [-0.25, -0.2) is 0 Å². The summed E-state index contributed by atoms with van der Waals surface area (Å²) in [6, 6.07) is 21.4. The first kappa shape index (κ1) is 16.9. The maximum absolute atomic E-state index is 4.55. The Bertz CT molecular complexity index is 1110. The van der Waals surface area contributed by atoms with E-state index in [1.807, 2.05) is 36.8 Å². The molecule has 0 fully saturated rings. The largest absolute Gasteiger partial charge is 0.353 e. The van der Waals surface area contributed by atoms with Gasteiger partial charge in [0.2, 0.25) is 0 Å². The monoisotopic (exact) mass is 366 g/mol. The van der Waals surface area contributed by atoms with Crippen LogP contribution in [0, 0.1) is 0 Å². The summed E-state index contributed by atoms with van der Waals surface area (Å²) >= 11 is 0. The molecule has 28 heavy (non-hydrogen) atoms. The van der Waals surface area contributed by atoms with Crippen LogP contribution in [0.15, 0.2) is 79.3 Å². The third-order valence-electron chi connectivity index (χ3n) is 5.37. The van der Waals surface area contributed by atoms with E-state index >= 15 is 0 Å². The van der Waals surface area contributed by atoms with Gasteiger partial charge in [-0.1, -0.05) is 48.5 Å². The van der Waals surface area contributed by atoms with Crippen molar-refractivity contribution in [2.24, 2.45) is 0 Å². The van der Waals surface area contributed by atoms with Crippen LogP contribution in [-0.4, -0.2) is 16.0 Å². The summed E-state index contributed by atoms with van der Waals surface area (Å²) in [7, 11) is 0. The zero-order chi connectivity index (χ0) is 18.8. The lowest BCUT2D eigenvalue weighted by Gasteiger charge is -2.28. The Morgan fingerprint density at radius 2 is 1.82 bits per heavy atom. The molecule has 0 aliphatic carbocycles. The predicted molar refractivity (Wildman–Crippen MR) is 114 cm³/mol. The summed E-state index contributed by atoms with van der Waals surface area (Å²) in [5.74, 6) is 0. The second-order valence-electron chi connectivity index (χ2n) is 7.34. The van der Waals surface area contributed by atoms with Crippen molar-refractivity contribution in [3.05, 3.63) is 95.9 Å². The minimum absolute atomic E-state index is 0.439. The standard InChI is InChI=1S/C24H22N4/c1-2-6-17(7-3-1)10-20-12-19-13-25-16-24(22(19)15-26-20)28-21-11-18-8-4-5-9-23(18)27-14-21/h1-9,11,13-14,16,20,26,28H,10,12,15H2. The zero-order valence-corrected chi connectivity index (χ0v) is 15.6. The summed E-state index contributed by atoms with van der Waals surface area (Å²) < 4.78 is 0. The number of para-hydroxylation sites is 1. The van der Waals surface area contributed by atoms with Crippen LogP contribution in [0.4, 0.5) is 11.4 Å². The number of fused-ring (bicyclic) bond motifs is 2. The number of rotatable bonds is 4. The molecule has 4 heteroatoms. The SMILES string of the molecule is c1ccc(CC2Cc3cncc(Nc4cnc5ccccc5c4)c3CN2)cc1. The lowest BCUT2D eigenvalue weighted by molar-refractivity contribution is 0.477. The molecule has 4 nitrogen and oxygen atoms in total. The Hall–Kier alpha value is -3.24. The molecular weight excluding hydrogens is 344 g/mol. The van der Waals surface area contributed by atoms with E-state index in [4.69, 9.17) is 0 Å². The van der Waals surface area contributed by atoms with Gasteiger partial charge in [0.25, 0.3) is 0 Å². The number of pyridine rings is 2. The number of hydrogen-bond acceptors (Lipinski definition) is 4. The van der Waals surface area contributed by atoms with E-state index in [-0.39, 0.29) is 0 Å². The molecular formula is C24H22N4. The number of benzene rings is 2. The summed E-state index contributed by atoms with van der Waals surface area (Å²) in [5, 5.41) is 8.35. The lowest BCUT2D eigenvalue weighted by Crippen LogP contribution is -2.37. The summed E-state index contributed by atoms with van der Waals surface area (Å²) in [6.07, 6.45) is 7.83. The van der Waals surface area contributed by atoms with Gasteiger partial charge in [-0.05, 0) is 41.7 Å². The highest BCUT2D eigenvalue weighted by Crippen LogP contribution is 2.28. The molecule has 0 radical (unpaired) electrons. The van der Waals surface area contributed by atoms with Crippen molar-refractivity contribution in [1.29, 1.82) is 0 Å². The summed E-state index contributed by atoms with van der Waals surface area (Å²) in [4.78, 5) is 9.04. The highest BCUT2D eigenvalue weighted by atomic mass is 15.0. The van der Waals surface area contributed by atoms with E-state index in [0.717, 1.165) is 41.7 Å². The van der Waals surface area contributed by atoms with E-state index in [1.165, 1.54) is 16.7 Å². The first-order chi connectivity index (χ1) is 13.8. The number of hydrogen-bond donors (Lipinski definition) is 2. The van der Waals surface area contributed by atoms with Crippen molar-refractivity contribution in [2.75, 3.05) is 5.32 Å². The Morgan fingerprint density at radius 3 is 2.75 bits per heavy atom. The second kappa shape index (κ2) is 7.41. The maximum atomic E-state index is 4.55. The van der Waals surface area contributed by atoms with Crippen molar-refractivity contribution in [2.45, 2.75) is 25.4 Å². The molecule has 0 saturated carbocycles. The average molecular weight is 366 g/mol. The molecule has 1 atom stereocenters. The zero-order valence-electron chi connectivity index (χ0n) is 15.6. The maximum Gasteiger partial charge on any atom is 0.0703 e. The first-order valence-corrected chi connectivity index (χ1v) is 9.70. The molecule has 3 heterocycles. The third kappa shape index (κ3) is 3.47. The van der Waals surface area contributed by atoms with Crippen LogP contribution in [-0.2, 0) is 19.4 Å². The fourth-order valence-corrected chi connectivity index (χ4v) is 3.94. The molecule has 0 amide bonds. The number of anilines is 2. The van der Waals surface area contributed by atoms with Crippen molar-refractivity contribution in [3.63, 3.8) is 0 Å². The highest BCUT2D eigenvalue weighted by molar-refractivity contribution is 5.82. The van der Waals surface area contributed by atoms with Gasteiger partial charge < -0.3 is 10.6 Å². The summed E-state index contributed by atoms with van der Waals surface area (Å²) in [5.41, 5.74) is 7.03. The highest BCUT2D eigenvalue weighted by Gasteiger charge is 2.21. The van der Waals surface area contributed by atoms with E-state index in [1.54, 1.807) is 0 Å². The summed E-state index contributed by atoms with van der Waals surface area (Å²) in [6.45, 7) is 0.846. The van der Waals surface area contributed by atoms with Crippen molar-refractivity contribution in [3.8, 4) is 0 Å². The van der Waals surface area contributed by atoms with Crippen LogP contribution in [0.5, 0.6) is 0 Å². The molecule has 2 aromatic carbocycles.